The van der Waals surface area contributed by atoms with Crippen molar-refractivity contribution in [3.05, 3.63) is 28.8 Å². The first kappa shape index (κ1) is 12.7. The Bertz CT molecular complexity index is 410. The van der Waals surface area contributed by atoms with Crippen LogP contribution in [0.25, 0.3) is 0 Å². The van der Waals surface area contributed by atoms with Crippen LogP contribution in [0, 0.1) is 0 Å². The lowest BCUT2D eigenvalue weighted by molar-refractivity contribution is 0.168. The monoisotopic (exact) mass is 254 g/mol. The van der Waals surface area contributed by atoms with E-state index in [1.807, 2.05) is 18.2 Å². The van der Waals surface area contributed by atoms with E-state index in [0.717, 1.165) is 36.0 Å². The third-order valence-corrected chi connectivity index (χ3v) is 3.59. The summed E-state index contributed by atoms with van der Waals surface area (Å²) in [4.78, 5) is 2.32. The second-order valence-electron chi connectivity index (χ2n) is 4.84. The normalized spacial score (nSPS) is 25.9. The lowest BCUT2D eigenvalue weighted by Crippen LogP contribution is -2.55. The highest BCUT2D eigenvalue weighted by molar-refractivity contribution is 6.30. The number of benzene rings is 1. The van der Waals surface area contributed by atoms with Gasteiger partial charge in [-0.3, -0.25) is 0 Å². The molecule has 1 fully saturated rings. The smallest absolute Gasteiger partial charge is 0.124 e. The molecule has 1 aromatic rings. The standard InChI is InChI=1S/C13H19ClN2O/c1-13(9-16(2)7-6-15-13)11-8-10(14)4-5-12(11)17-3/h4-5,8,15H,6-7,9H2,1-3H3. The van der Waals surface area contributed by atoms with Gasteiger partial charge in [0.15, 0.2) is 0 Å². The molecule has 3 nitrogen and oxygen atoms in total. The SMILES string of the molecule is COc1ccc(Cl)cc1C1(C)CN(C)CCN1. The number of likely N-dealkylation sites (N-methyl/N-ethyl adjacent to an activating group) is 1. The molecule has 0 aromatic heterocycles. The van der Waals surface area contributed by atoms with Crippen LogP contribution in [0.4, 0.5) is 0 Å². The minimum Gasteiger partial charge on any atom is -0.496 e. The van der Waals surface area contributed by atoms with Gasteiger partial charge in [0, 0.05) is 30.2 Å². The van der Waals surface area contributed by atoms with Gasteiger partial charge in [0.2, 0.25) is 0 Å². The maximum atomic E-state index is 6.09. The number of hydrogen-bond donors (Lipinski definition) is 1. The van der Waals surface area contributed by atoms with Crippen LogP contribution in [-0.2, 0) is 5.54 Å². The minimum absolute atomic E-state index is 0.108. The first-order chi connectivity index (χ1) is 8.05. The fourth-order valence-corrected chi connectivity index (χ4v) is 2.66. The molecule has 1 aromatic carbocycles. The Labute approximate surface area is 108 Å². The van der Waals surface area contributed by atoms with Gasteiger partial charge in [0.1, 0.15) is 5.75 Å². The zero-order valence-electron chi connectivity index (χ0n) is 10.6. The van der Waals surface area contributed by atoms with Crippen LogP contribution >= 0.6 is 11.6 Å². The van der Waals surface area contributed by atoms with Crippen LogP contribution < -0.4 is 10.1 Å². The molecule has 1 aliphatic rings. The molecular weight excluding hydrogens is 236 g/mol. The van der Waals surface area contributed by atoms with Crippen molar-refractivity contribution in [3.8, 4) is 5.75 Å². The number of methoxy groups -OCH3 is 1. The van der Waals surface area contributed by atoms with Gasteiger partial charge in [0.05, 0.1) is 12.6 Å². The molecule has 1 heterocycles. The molecule has 17 heavy (non-hydrogen) atoms. The van der Waals surface area contributed by atoms with Crippen LogP contribution in [-0.4, -0.2) is 38.7 Å². The summed E-state index contributed by atoms with van der Waals surface area (Å²) in [6.07, 6.45) is 0. The lowest BCUT2D eigenvalue weighted by Gasteiger charge is -2.41. The second-order valence-corrected chi connectivity index (χ2v) is 5.28. The third kappa shape index (κ3) is 2.57. The van der Waals surface area contributed by atoms with Crippen LogP contribution in [0.2, 0.25) is 5.02 Å². The van der Waals surface area contributed by atoms with Gasteiger partial charge >= 0.3 is 0 Å². The highest BCUT2D eigenvalue weighted by Crippen LogP contribution is 2.33. The van der Waals surface area contributed by atoms with Gasteiger partial charge in [-0.15, -0.1) is 0 Å². The largest absolute Gasteiger partial charge is 0.496 e. The summed E-state index contributed by atoms with van der Waals surface area (Å²) in [5.74, 6) is 0.889. The third-order valence-electron chi connectivity index (χ3n) is 3.35. The number of nitrogens with zero attached hydrogens (tertiary/aromatic N) is 1. The van der Waals surface area contributed by atoms with Gasteiger partial charge in [-0.2, -0.15) is 0 Å². The first-order valence-corrected chi connectivity index (χ1v) is 6.20. The Morgan fingerprint density at radius 3 is 2.88 bits per heavy atom. The molecule has 1 saturated heterocycles. The molecule has 0 aliphatic carbocycles. The van der Waals surface area contributed by atoms with E-state index in [2.05, 4.69) is 24.2 Å². The fourth-order valence-electron chi connectivity index (χ4n) is 2.49. The van der Waals surface area contributed by atoms with E-state index in [1.54, 1.807) is 7.11 Å². The van der Waals surface area contributed by atoms with Crippen molar-refractivity contribution in [2.45, 2.75) is 12.5 Å². The zero-order chi connectivity index (χ0) is 12.5. The van der Waals surface area contributed by atoms with Gasteiger partial charge in [-0.25, -0.2) is 0 Å². The van der Waals surface area contributed by atoms with Crippen molar-refractivity contribution in [2.75, 3.05) is 33.8 Å². The lowest BCUT2D eigenvalue weighted by atomic mass is 9.89. The maximum absolute atomic E-state index is 6.09. The van der Waals surface area contributed by atoms with E-state index >= 15 is 0 Å². The molecule has 1 atom stereocenters. The van der Waals surface area contributed by atoms with Gasteiger partial charge in [-0.1, -0.05) is 11.6 Å². The van der Waals surface area contributed by atoms with E-state index in [1.165, 1.54) is 0 Å². The summed E-state index contributed by atoms with van der Waals surface area (Å²) in [5.41, 5.74) is 1.02. The number of rotatable bonds is 2. The van der Waals surface area contributed by atoms with E-state index in [0.29, 0.717) is 0 Å². The van der Waals surface area contributed by atoms with Gasteiger partial charge in [-0.05, 0) is 32.2 Å². The molecule has 1 N–H and O–H groups in total. The Morgan fingerprint density at radius 1 is 1.47 bits per heavy atom. The van der Waals surface area contributed by atoms with Crippen LogP contribution in [0.1, 0.15) is 12.5 Å². The van der Waals surface area contributed by atoms with Crippen molar-refractivity contribution in [3.63, 3.8) is 0 Å². The summed E-state index contributed by atoms with van der Waals surface area (Å²) in [6, 6.07) is 5.78. The summed E-state index contributed by atoms with van der Waals surface area (Å²) in [5, 5.41) is 4.31. The predicted octanol–water partition coefficient (Wildman–Crippen LogP) is 2.10. The van der Waals surface area contributed by atoms with E-state index in [-0.39, 0.29) is 5.54 Å². The molecule has 0 bridgehead atoms. The zero-order valence-corrected chi connectivity index (χ0v) is 11.3. The first-order valence-electron chi connectivity index (χ1n) is 5.83. The fraction of sp³-hybridized carbons (Fsp3) is 0.538. The number of hydrogen-bond acceptors (Lipinski definition) is 3. The summed E-state index contributed by atoms with van der Waals surface area (Å²) in [7, 11) is 3.83. The molecule has 0 radical (unpaired) electrons. The molecule has 94 valence electrons. The molecule has 1 unspecified atom stereocenters. The second kappa shape index (κ2) is 4.84. The Hall–Kier alpha value is -0.770. The van der Waals surface area contributed by atoms with Crippen LogP contribution in [0.5, 0.6) is 5.75 Å². The van der Waals surface area contributed by atoms with Gasteiger partial charge < -0.3 is 15.0 Å². The number of halogens is 1. The molecule has 0 saturated carbocycles. The number of piperazine rings is 1. The average Bonchev–Trinajstić information content (AvgIpc) is 2.28. The number of ether oxygens (including phenoxy) is 1. The Balaban J connectivity index is 2.40. The van der Waals surface area contributed by atoms with Crippen molar-refractivity contribution >= 4 is 11.6 Å². The highest BCUT2D eigenvalue weighted by atomic mass is 35.5. The number of nitrogens with one attached hydrogen (secondary N) is 1. The minimum atomic E-state index is -0.108. The van der Waals surface area contributed by atoms with Crippen molar-refractivity contribution in [2.24, 2.45) is 0 Å². The summed E-state index contributed by atoms with van der Waals surface area (Å²) < 4.78 is 5.44. The quantitative estimate of drug-likeness (QED) is 0.875. The van der Waals surface area contributed by atoms with Crippen LogP contribution in [0.15, 0.2) is 18.2 Å². The summed E-state index contributed by atoms with van der Waals surface area (Å²) in [6.45, 7) is 5.18. The van der Waals surface area contributed by atoms with Gasteiger partial charge in [0.25, 0.3) is 0 Å². The van der Waals surface area contributed by atoms with E-state index < -0.39 is 0 Å². The van der Waals surface area contributed by atoms with E-state index in [4.69, 9.17) is 16.3 Å². The highest BCUT2D eigenvalue weighted by Gasteiger charge is 2.33. The predicted molar refractivity (Wildman–Crippen MR) is 70.9 cm³/mol. The topological polar surface area (TPSA) is 24.5 Å². The summed E-state index contributed by atoms with van der Waals surface area (Å²) >= 11 is 6.09. The van der Waals surface area contributed by atoms with Crippen LogP contribution in [0.3, 0.4) is 0 Å². The Kier molecular flexibility index (Phi) is 3.61. The Morgan fingerprint density at radius 2 is 2.24 bits per heavy atom. The molecular formula is C13H19ClN2O. The maximum Gasteiger partial charge on any atom is 0.124 e. The van der Waals surface area contributed by atoms with Crippen molar-refractivity contribution in [1.82, 2.24) is 10.2 Å². The van der Waals surface area contributed by atoms with E-state index in [9.17, 15) is 0 Å². The molecule has 0 amide bonds. The molecule has 0 spiro atoms. The van der Waals surface area contributed by atoms with Crippen molar-refractivity contribution in [1.29, 1.82) is 0 Å². The average molecular weight is 255 g/mol. The molecule has 2 rings (SSSR count). The molecule has 4 heteroatoms. The molecule has 1 aliphatic heterocycles. The van der Waals surface area contributed by atoms with Crippen molar-refractivity contribution < 1.29 is 4.74 Å².